The van der Waals surface area contributed by atoms with Crippen LogP contribution in [0.15, 0.2) is 86.0 Å². The molecule has 8 heteroatoms. The summed E-state index contributed by atoms with van der Waals surface area (Å²) in [5.41, 5.74) is 0.551. The highest BCUT2D eigenvalue weighted by Crippen LogP contribution is 2.60. The molecule has 0 aromatic heterocycles. The lowest BCUT2D eigenvalue weighted by Gasteiger charge is -2.39. The molecule has 5 rings (SSSR count). The fraction of sp³-hybridized carbons (Fsp3) is 0.457. The second-order valence-corrected chi connectivity index (χ2v) is 11.8. The molecule has 8 nitrogen and oxygen atoms in total. The molecule has 2 aromatic rings. The van der Waals surface area contributed by atoms with Gasteiger partial charge in [-0.1, -0.05) is 86.2 Å². The van der Waals surface area contributed by atoms with Crippen molar-refractivity contribution < 1.29 is 24.2 Å². The highest BCUT2D eigenvalue weighted by Gasteiger charge is 2.75. The van der Waals surface area contributed by atoms with Crippen LogP contribution < -0.4 is 0 Å². The highest BCUT2D eigenvalue weighted by molar-refractivity contribution is 5.99. The van der Waals surface area contributed by atoms with E-state index in [1.165, 1.54) is 0 Å². The van der Waals surface area contributed by atoms with Crippen LogP contribution in [0, 0.1) is 11.8 Å². The molecule has 0 saturated carbocycles. The maximum absolute atomic E-state index is 14.7. The largest absolute Gasteiger partial charge is 0.394 e. The van der Waals surface area contributed by atoms with Gasteiger partial charge >= 0.3 is 0 Å². The van der Waals surface area contributed by atoms with E-state index in [-0.39, 0.29) is 24.3 Å². The molecule has 2 bridgehead atoms. The molecule has 3 amide bonds. The van der Waals surface area contributed by atoms with E-state index in [0.717, 1.165) is 24.0 Å². The first-order valence-corrected chi connectivity index (χ1v) is 15.4. The standard InChI is InChI=1S/C35H43N3O5/c1-4-7-22-36(20-5-2)34(42)31-35-19-18-28(43-35)29(32(40)37(21-6-3)23-25-14-10-8-11-15-25)30(35)33(41)38(31)27(24-39)26-16-12-9-13-17-26/h5-6,8-17,27-31,39H,2-4,7,18-24H2,1H3/t27-,28-,29+,30+,31?,35?/m1/s1. The van der Waals surface area contributed by atoms with Gasteiger partial charge in [-0.2, -0.15) is 0 Å². The number of fused-ring (bicyclic) bond motifs is 1. The molecule has 3 fully saturated rings. The van der Waals surface area contributed by atoms with Crippen molar-refractivity contribution in [2.24, 2.45) is 11.8 Å². The number of rotatable bonds is 14. The van der Waals surface area contributed by atoms with Gasteiger partial charge in [-0.3, -0.25) is 14.4 Å². The van der Waals surface area contributed by atoms with Crippen molar-refractivity contribution in [1.29, 1.82) is 0 Å². The van der Waals surface area contributed by atoms with E-state index in [0.29, 0.717) is 39.0 Å². The minimum Gasteiger partial charge on any atom is -0.394 e. The van der Waals surface area contributed by atoms with Gasteiger partial charge in [-0.25, -0.2) is 0 Å². The summed E-state index contributed by atoms with van der Waals surface area (Å²) in [6.07, 6.45) is 5.71. The van der Waals surface area contributed by atoms with Crippen LogP contribution in [0.1, 0.15) is 49.8 Å². The molecule has 3 aliphatic rings. The van der Waals surface area contributed by atoms with E-state index in [2.05, 4.69) is 20.1 Å². The zero-order valence-electron chi connectivity index (χ0n) is 25.0. The summed E-state index contributed by atoms with van der Waals surface area (Å²) < 4.78 is 6.70. The van der Waals surface area contributed by atoms with Gasteiger partial charge in [0, 0.05) is 26.2 Å². The molecule has 1 N–H and O–H groups in total. The van der Waals surface area contributed by atoms with Crippen LogP contribution in [0.3, 0.4) is 0 Å². The van der Waals surface area contributed by atoms with Crippen molar-refractivity contribution in [3.8, 4) is 0 Å². The first kappa shape index (κ1) is 30.7. The third-order valence-corrected chi connectivity index (χ3v) is 9.27. The Kier molecular flexibility index (Phi) is 9.47. The molecule has 0 radical (unpaired) electrons. The van der Waals surface area contributed by atoms with Gasteiger partial charge in [0.25, 0.3) is 0 Å². The molecule has 43 heavy (non-hydrogen) atoms. The lowest BCUT2D eigenvalue weighted by Crippen LogP contribution is -2.57. The van der Waals surface area contributed by atoms with Gasteiger partial charge < -0.3 is 24.5 Å². The van der Waals surface area contributed by atoms with Crippen molar-refractivity contribution in [2.45, 2.75) is 62.9 Å². The van der Waals surface area contributed by atoms with Crippen molar-refractivity contribution in [2.75, 3.05) is 26.2 Å². The first-order valence-electron chi connectivity index (χ1n) is 15.4. The number of aliphatic hydroxyl groups excluding tert-OH is 1. The number of ether oxygens (including phenoxy) is 1. The SMILES string of the molecule is C=CCN(CCCC)C(=O)C1N([C@H](CO)c2ccccc2)C(=O)[C@@H]2[C@@H](C(=O)N(CC=C)Cc3ccccc3)[C@H]3CCC12O3. The lowest BCUT2D eigenvalue weighted by atomic mass is 9.70. The predicted octanol–water partition coefficient (Wildman–Crippen LogP) is 4.12. The summed E-state index contributed by atoms with van der Waals surface area (Å²) in [5, 5.41) is 10.7. The normalized spacial score (nSPS) is 26.2. The van der Waals surface area contributed by atoms with E-state index < -0.39 is 35.6 Å². The van der Waals surface area contributed by atoms with Crippen LogP contribution in [0.25, 0.3) is 0 Å². The maximum Gasteiger partial charge on any atom is 0.248 e. The van der Waals surface area contributed by atoms with E-state index in [9.17, 15) is 19.5 Å². The number of hydrogen-bond acceptors (Lipinski definition) is 5. The monoisotopic (exact) mass is 585 g/mol. The number of hydrogen-bond donors (Lipinski definition) is 1. The van der Waals surface area contributed by atoms with Crippen LogP contribution in [0.2, 0.25) is 0 Å². The Morgan fingerprint density at radius 3 is 2.33 bits per heavy atom. The fourth-order valence-electron chi connectivity index (χ4n) is 7.39. The predicted molar refractivity (Wildman–Crippen MR) is 164 cm³/mol. The number of benzene rings is 2. The second kappa shape index (κ2) is 13.3. The van der Waals surface area contributed by atoms with Gasteiger partial charge in [0.15, 0.2) is 0 Å². The Morgan fingerprint density at radius 1 is 1.05 bits per heavy atom. The smallest absolute Gasteiger partial charge is 0.248 e. The van der Waals surface area contributed by atoms with Crippen molar-refractivity contribution >= 4 is 17.7 Å². The molecule has 3 heterocycles. The summed E-state index contributed by atoms with van der Waals surface area (Å²) >= 11 is 0. The van der Waals surface area contributed by atoms with Crippen molar-refractivity contribution in [1.82, 2.24) is 14.7 Å². The van der Waals surface area contributed by atoms with E-state index in [1.54, 1.807) is 26.9 Å². The third-order valence-electron chi connectivity index (χ3n) is 9.27. The quantitative estimate of drug-likeness (QED) is 0.337. The molecular weight excluding hydrogens is 542 g/mol. The highest BCUT2D eigenvalue weighted by atomic mass is 16.5. The molecule has 2 unspecified atom stereocenters. The Labute approximate surface area is 254 Å². The summed E-state index contributed by atoms with van der Waals surface area (Å²) in [7, 11) is 0. The minimum atomic E-state index is -1.15. The van der Waals surface area contributed by atoms with E-state index >= 15 is 0 Å². The van der Waals surface area contributed by atoms with Gasteiger partial charge in [0.05, 0.1) is 30.6 Å². The molecule has 2 aromatic carbocycles. The van der Waals surface area contributed by atoms with Crippen LogP contribution in [-0.2, 0) is 25.7 Å². The Bertz CT molecular complexity index is 1320. The molecule has 6 atom stereocenters. The van der Waals surface area contributed by atoms with Gasteiger partial charge in [-0.05, 0) is 30.4 Å². The number of unbranched alkanes of at least 4 members (excludes halogenated alkanes) is 1. The summed E-state index contributed by atoms with van der Waals surface area (Å²) in [4.78, 5) is 48.6. The van der Waals surface area contributed by atoms with Crippen molar-refractivity contribution in [3.63, 3.8) is 0 Å². The van der Waals surface area contributed by atoms with Crippen LogP contribution in [0.4, 0.5) is 0 Å². The summed E-state index contributed by atoms with van der Waals surface area (Å²) in [6, 6.07) is 17.3. The number of aliphatic hydroxyl groups is 1. The van der Waals surface area contributed by atoms with Crippen LogP contribution in [-0.4, -0.2) is 81.5 Å². The second-order valence-electron chi connectivity index (χ2n) is 11.8. The molecule has 3 aliphatic heterocycles. The topological polar surface area (TPSA) is 90.4 Å². The molecular formula is C35H43N3O5. The average Bonchev–Trinajstić information content (AvgIpc) is 3.67. The molecule has 3 saturated heterocycles. The zero-order chi connectivity index (χ0) is 30.6. The summed E-state index contributed by atoms with van der Waals surface area (Å²) in [6.45, 7) is 11.0. The van der Waals surface area contributed by atoms with Gasteiger partial charge in [0.2, 0.25) is 17.7 Å². The maximum atomic E-state index is 14.7. The molecule has 228 valence electrons. The first-order chi connectivity index (χ1) is 20.9. The Morgan fingerprint density at radius 2 is 1.70 bits per heavy atom. The van der Waals surface area contributed by atoms with E-state index in [1.807, 2.05) is 60.7 Å². The van der Waals surface area contributed by atoms with Gasteiger partial charge in [0.1, 0.15) is 11.6 Å². The van der Waals surface area contributed by atoms with Crippen molar-refractivity contribution in [3.05, 3.63) is 97.1 Å². The number of likely N-dealkylation sites (tertiary alicyclic amines) is 1. The average molecular weight is 586 g/mol. The fourth-order valence-corrected chi connectivity index (χ4v) is 7.39. The van der Waals surface area contributed by atoms with E-state index in [4.69, 9.17) is 4.74 Å². The van der Waals surface area contributed by atoms with Crippen LogP contribution in [0.5, 0.6) is 0 Å². The minimum absolute atomic E-state index is 0.170. The Balaban J connectivity index is 1.57. The third kappa shape index (κ3) is 5.54. The summed E-state index contributed by atoms with van der Waals surface area (Å²) in [5.74, 6) is -2.27. The number of nitrogens with zero attached hydrogens (tertiary/aromatic N) is 3. The van der Waals surface area contributed by atoms with Gasteiger partial charge in [-0.15, -0.1) is 13.2 Å². The number of carbonyl (C=O) groups is 3. The molecule has 0 aliphatic carbocycles. The van der Waals surface area contributed by atoms with Crippen LogP contribution >= 0.6 is 0 Å². The Hall–Kier alpha value is -3.75. The number of amides is 3. The number of carbonyl (C=O) groups excluding carboxylic acids is 3. The lowest BCUT2D eigenvalue weighted by molar-refractivity contribution is -0.152. The zero-order valence-corrected chi connectivity index (χ0v) is 25.0. The molecule has 1 spiro atoms.